The summed E-state index contributed by atoms with van der Waals surface area (Å²) in [5.41, 5.74) is 2.55. The van der Waals surface area contributed by atoms with Gasteiger partial charge in [0, 0.05) is 29.3 Å². The Morgan fingerprint density at radius 1 is 1.11 bits per heavy atom. The Bertz CT molecular complexity index is 498. The molecule has 0 bridgehead atoms. The Morgan fingerprint density at radius 3 is 2.47 bits per heavy atom. The molecule has 100 valence electrons. The maximum absolute atomic E-state index is 3.55. The molecule has 1 saturated heterocycles. The highest BCUT2D eigenvalue weighted by Gasteiger charge is 2.12. The van der Waals surface area contributed by atoms with E-state index in [2.05, 4.69) is 58.9 Å². The first kappa shape index (κ1) is 12.5. The van der Waals surface area contributed by atoms with Crippen LogP contribution in [0.3, 0.4) is 0 Å². The van der Waals surface area contributed by atoms with Crippen LogP contribution in [0, 0.1) is 0 Å². The normalized spacial score (nSPS) is 16.6. The summed E-state index contributed by atoms with van der Waals surface area (Å²) in [6.45, 7) is 4.62. The molecule has 0 radical (unpaired) electrons. The lowest BCUT2D eigenvalue weighted by Crippen LogP contribution is -2.17. The summed E-state index contributed by atoms with van der Waals surface area (Å²) < 4.78 is 0. The Morgan fingerprint density at radius 2 is 1.84 bits per heavy atom. The molecule has 1 fully saturated rings. The van der Waals surface area contributed by atoms with Gasteiger partial charge in [-0.1, -0.05) is 6.07 Å². The van der Waals surface area contributed by atoms with E-state index in [-0.39, 0.29) is 0 Å². The van der Waals surface area contributed by atoms with E-state index in [1.807, 2.05) is 0 Å². The lowest BCUT2D eigenvalue weighted by Gasteiger charge is -2.19. The van der Waals surface area contributed by atoms with Crippen LogP contribution in [0.15, 0.2) is 41.8 Å². The maximum Gasteiger partial charge on any atom is 0.0578 e. The molecule has 3 heteroatoms. The quantitative estimate of drug-likeness (QED) is 0.880. The largest absolute Gasteiger partial charge is 0.378 e. The van der Waals surface area contributed by atoms with Gasteiger partial charge in [0.2, 0.25) is 0 Å². The van der Waals surface area contributed by atoms with Crippen molar-refractivity contribution in [3.05, 3.63) is 46.7 Å². The Balaban J connectivity index is 1.65. The van der Waals surface area contributed by atoms with Crippen molar-refractivity contribution in [2.75, 3.05) is 23.3 Å². The highest BCUT2D eigenvalue weighted by atomic mass is 32.1. The third-order valence-electron chi connectivity index (χ3n) is 3.69. The van der Waals surface area contributed by atoms with Gasteiger partial charge in [0.15, 0.2) is 0 Å². The molecule has 0 spiro atoms. The summed E-state index contributed by atoms with van der Waals surface area (Å²) in [4.78, 5) is 3.84. The van der Waals surface area contributed by atoms with Crippen LogP contribution in [-0.2, 0) is 0 Å². The van der Waals surface area contributed by atoms with E-state index in [0.717, 1.165) is 0 Å². The van der Waals surface area contributed by atoms with E-state index >= 15 is 0 Å². The molecule has 1 atom stereocenters. The molecule has 1 N–H and O–H groups in total. The minimum absolute atomic E-state index is 0.373. The third kappa shape index (κ3) is 2.92. The summed E-state index contributed by atoms with van der Waals surface area (Å²) >= 11 is 1.80. The minimum Gasteiger partial charge on any atom is -0.378 e. The number of rotatable bonds is 4. The first-order valence-corrected chi connectivity index (χ1v) is 7.86. The second-order valence-electron chi connectivity index (χ2n) is 5.12. The molecule has 0 aliphatic carbocycles. The number of nitrogens with one attached hydrogen (secondary N) is 1. The van der Waals surface area contributed by atoms with Crippen LogP contribution in [0.5, 0.6) is 0 Å². The average Bonchev–Trinajstić information content (AvgIpc) is 3.13. The van der Waals surface area contributed by atoms with Crippen LogP contribution in [0.4, 0.5) is 11.4 Å². The molecular weight excluding hydrogens is 252 g/mol. The van der Waals surface area contributed by atoms with E-state index in [1.165, 1.54) is 42.2 Å². The highest BCUT2D eigenvalue weighted by molar-refractivity contribution is 7.10. The predicted molar refractivity (Wildman–Crippen MR) is 84.2 cm³/mol. The molecule has 1 aliphatic heterocycles. The minimum atomic E-state index is 0.373. The van der Waals surface area contributed by atoms with E-state index in [9.17, 15) is 0 Å². The van der Waals surface area contributed by atoms with E-state index in [0.29, 0.717) is 6.04 Å². The molecule has 2 aromatic rings. The van der Waals surface area contributed by atoms with Crippen LogP contribution in [0.1, 0.15) is 30.7 Å². The summed E-state index contributed by atoms with van der Waals surface area (Å²) in [5, 5.41) is 5.68. The number of anilines is 2. The summed E-state index contributed by atoms with van der Waals surface area (Å²) in [5.74, 6) is 0. The van der Waals surface area contributed by atoms with E-state index in [1.54, 1.807) is 11.3 Å². The molecule has 1 aromatic heterocycles. The zero-order chi connectivity index (χ0) is 13.1. The molecule has 19 heavy (non-hydrogen) atoms. The van der Waals surface area contributed by atoms with Crippen LogP contribution in [-0.4, -0.2) is 13.1 Å². The fourth-order valence-electron chi connectivity index (χ4n) is 2.60. The van der Waals surface area contributed by atoms with Crippen LogP contribution < -0.4 is 10.2 Å². The smallest absolute Gasteiger partial charge is 0.0578 e. The van der Waals surface area contributed by atoms with Crippen LogP contribution in [0.25, 0.3) is 0 Å². The zero-order valence-corrected chi connectivity index (χ0v) is 12.1. The molecule has 0 saturated carbocycles. The highest BCUT2D eigenvalue weighted by Crippen LogP contribution is 2.26. The predicted octanol–water partition coefficient (Wildman–Crippen LogP) is 4.52. The van der Waals surface area contributed by atoms with Crippen molar-refractivity contribution < 1.29 is 0 Å². The van der Waals surface area contributed by atoms with Gasteiger partial charge in [-0.05, 0) is 55.5 Å². The fraction of sp³-hybridized carbons (Fsp3) is 0.375. The van der Waals surface area contributed by atoms with Crippen LogP contribution in [0.2, 0.25) is 0 Å². The van der Waals surface area contributed by atoms with Crippen molar-refractivity contribution >= 4 is 22.7 Å². The molecule has 2 heterocycles. The molecule has 1 aliphatic rings. The summed E-state index contributed by atoms with van der Waals surface area (Å²) in [6, 6.07) is 13.5. The molecular formula is C16H20N2S. The van der Waals surface area contributed by atoms with Gasteiger partial charge in [0.05, 0.1) is 6.04 Å². The lowest BCUT2D eigenvalue weighted by atomic mass is 10.2. The molecule has 1 aromatic carbocycles. The zero-order valence-electron chi connectivity index (χ0n) is 11.3. The average molecular weight is 272 g/mol. The third-order valence-corrected chi connectivity index (χ3v) is 4.75. The van der Waals surface area contributed by atoms with Gasteiger partial charge in [-0.25, -0.2) is 0 Å². The van der Waals surface area contributed by atoms with Gasteiger partial charge in [-0.15, -0.1) is 11.3 Å². The first-order chi connectivity index (χ1) is 9.33. The second kappa shape index (κ2) is 5.66. The van der Waals surface area contributed by atoms with Crippen molar-refractivity contribution in [1.82, 2.24) is 0 Å². The number of nitrogens with zero attached hydrogens (tertiary/aromatic N) is 1. The van der Waals surface area contributed by atoms with Crippen molar-refractivity contribution in [3.8, 4) is 0 Å². The maximum atomic E-state index is 3.55. The van der Waals surface area contributed by atoms with Crippen molar-refractivity contribution in [3.63, 3.8) is 0 Å². The number of hydrogen-bond donors (Lipinski definition) is 1. The lowest BCUT2D eigenvalue weighted by molar-refractivity contribution is 0.907. The Labute approximate surface area is 119 Å². The molecule has 2 nitrogen and oxygen atoms in total. The van der Waals surface area contributed by atoms with Crippen molar-refractivity contribution in [1.29, 1.82) is 0 Å². The molecule has 1 unspecified atom stereocenters. The SMILES string of the molecule is CC(Nc1ccc(N2CCCC2)cc1)c1cccs1. The van der Waals surface area contributed by atoms with Gasteiger partial charge in [-0.2, -0.15) is 0 Å². The summed E-state index contributed by atoms with van der Waals surface area (Å²) in [7, 11) is 0. The van der Waals surface area contributed by atoms with Gasteiger partial charge in [0.1, 0.15) is 0 Å². The molecule has 3 rings (SSSR count). The number of thiophene rings is 1. The fourth-order valence-corrected chi connectivity index (χ4v) is 3.34. The summed E-state index contributed by atoms with van der Waals surface area (Å²) in [6.07, 6.45) is 2.66. The van der Waals surface area contributed by atoms with Crippen molar-refractivity contribution in [2.24, 2.45) is 0 Å². The Hall–Kier alpha value is -1.48. The monoisotopic (exact) mass is 272 g/mol. The van der Waals surface area contributed by atoms with E-state index < -0.39 is 0 Å². The standard InChI is InChI=1S/C16H20N2S/c1-13(16-5-4-12-19-16)17-14-6-8-15(9-7-14)18-10-2-3-11-18/h4-9,12-13,17H,2-3,10-11H2,1H3. The van der Waals surface area contributed by atoms with Gasteiger partial charge < -0.3 is 10.2 Å². The van der Waals surface area contributed by atoms with Gasteiger partial charge >= 0.3 is 0 Å². The second-order valence-corrected chi connectivity index (χ2v) is 6.10. The Kier molecular flexibility index (Phi) is 3.74. The van der Waals surface area contributed by atoms with Crippen LogP contribution >= 0.6 is 11.3 Å². The first-order valence-electron chi connectivity index (χ1n) is 6.98. The molecule has 0 amide bonds. The number of benzene rings is 1. The van der Waals surface area contributed by atoms with Gasteiger partial charge in [-0.3, -0.25) is 0 Å². The topological polar surface area (TPSA) is 15.3 Å². The van der Waals surface area contributed by atoms with Crippen molar-refractivity contribution in [2.45, 2.75) is 25.8 Å². The van der Waals surface area contributed by atoms with Gasteiger partial charge in [0.25, 0.3) is 0 Å². The van der Waals surface area contributed by atoms with E-state index in [4.69, 9.17) is 0 Å². The number of hydrogen-bond acceptors (Lipinski definition) is 3.